The van der Waals surface area contributed by atoms with Crippen molar-refractivity contribution < 1.29 is 23.5 Å². The van der Waals surface area contributed by atoms with Crippen LogP contribution < -0.4 is 5.56 Å². The van der Waals surface area contributed by atoms with E-state index in [0.29, 0.717) is 22.4 Å². The van der Waals surface area contributed by atoms with Crippen molar-refractivity contribution in [2.75, 3.05) is 7.11 Å². The molecule has 7 nitrogen and oxygen atoms in total. The van der Waals surface area contributed by atoms with Crippen molar-refractivity contribution >= 4 is 22.8 Å². The van der Waals surface area contributed by atoms with Crippen molar-refractivity contribution in [1.82, 2.24) is 4.98 Å². The molecule has 0 fully saturated rings. The zero-order chi connectivity index (χ0) is 18.0. The predicted molar refractivity (Wildman–Crippen MR) is 88.5 cm³/mol. The number of hydrogen-bond acceptors (Lipinski definition) is 6. The van der Waals surface area contributed by atoms with Crippen molar-refractivity contribution in [3.8, 4) is 0 Å². The van der Waals surface area contributed by atoms with Gasteiger partial charge in [-0.1, -0.05) is 18.2 Å². The highest BCUT2D eigenvalue weighted by Crippen LogP contribution is 2.19. The molecule has 0 radical (unpaired) electrons. The summed E-state index contributed by atoms with van der Waals surface area (Å²) in [5.74, 6) is -0.504. The van der Waals surface area contributed by atoms with Crippen molar-refractivity contribution in [3.63, 3.8) is 0 Å². The van der Waals surface area contributed by atoms with Gasteiger partial charge in [0.1, 0.15) is 23.7 Å². The lowest BCUT2D eigenvalue weighted by molar-refractivity contribution is 0.0446. The molecule has 0 saturated carbocycles. The normalized spacial score (nSPS) is 10.6. The number of aromatic nitrogens is 1. The number of hydrogen-bond donors (Lipinski definition) is 1. The van der Waals surface area contributed by atoms with Crippen LogP contribution in [0.15, 0.2) is 45.6 Å². The molecule has 3 rings (SSSR count). The van der Waals surface area contributed by atoms with Crippen molar-refractivity contribution in [2.24, 2.45) is 0 Å². The third-order valence-corrected chi connectivity index (χ3v) is 3.69. The summed E-state index contributed by atoms with van der Waals surface area (Å²) in [5, 5.41) is 0.581. The van der Waals surface area contributed by atoms with Gasteiger partial charge in [0, 0.05) is 17.0 Å². The van der Waals surface area contributed by atoms with E-state index in [2.05, 4.69) is 9.72 Å². The fourth-order valence-electron chi connectivity index (χ4n) is 2.52. The van der Waals surface area contributed by atoms with E-state index in [-0.39, 0.29) is 17.7 Å². The molecule has 2 heterocycles. The van der Waals surface area contributed by atoms with E-state index in [9.17, 15) is 14.4 Å². The molecule has 0 aliphatic rings. The first-order chi connectivity index (χ1) is 12.0. The Bertz CT molecular complexity index is 1010. The van der Waals surface area contributed by atoms with Gasteiger partial charge in [0.25, 0.3) is 0 Å². The van der Waals surface area contributed by atoms with E-state index in [4.69, 9.17) is 9.15 Å². The number of rotatable bonds is 4. The number of aromatic amines is 1. The van der Waals surface area contributed by atoms with Gasteiger partial charge < -0.3 is 18.9 Å². The molecule has 0 aliphatic heterocycles. The third-order valence-electron chi connectivity index (χ3n) is 3.69. The zero-order valence-electron chi connectivity index (χ0n) is 13.6. The summed E-state index contributed by atoms with van der Waals surface area (Å²) >= 11 is 0. The number of H-pyrrole nitrogens is 1. The summed E-state index contributed by atoms with van der Waals surface area (Å²) in [6.45, 7) is 1.44. The third kappa shape index (κ3) is 3.30. The number of ether oxygens (including phenoxy) is 2. The minimum atomic E-state index is -0.657. The molecule has 0 saturated heterocycles. The highest BCUT2D eigenvalue weighted by molar-refractivity contribution is 6.03. The molecule has 0 atom stereocenters. The van der Waals surface area contributed by atoms with Crippen LogP contribution in [0.2, 0.25) is 0 Å². The average molecular weight is 341 g/mol. The van der Waals surface area contributed by atoms with E-state index < -0.39 is 17.5 Å². The van der Waals surface area contributed by atoms with Crippen LogP contribution in [-0.2, 0) is 16.1 Å². The number of carbonyl (C=O) groups is 2. The van der Waals surface area contributed by atoms with Crippen molar-refractivity contribution in [3.05, 3.63) is 69.4 Å². The number of para-hydroxylation sites is 1. The number of esters is 2. The van der Waals surface area contributed by atoms with Crippen molar-refractivity contribution in [1.29, 1.82) is 0 Å². The summed E-state index contributed by atoms with van der Waals surface area (Å²) in [5.41, 5.74) is 0.585. The van der Waals surface area contributed by atoms with Crippen LogP contribution in [0.3, 0.4) is 0 Å². The van der Waals surface area contributed by atoms with E-state index in [1.54, 1.807) is 31.2 Å². The predicted octanol–water partition coefficient (Wildman–Crippen LogP) is 2.57. The van der Waals surface area contributed by atoms with Gasteiger partial charge in [-0.2, -0.15) is 0 Å². The van der Waals surface area contributed by atoms with Gasteiger partial charge in [0.2, 0.25) is 5.56 Å². The van der Waals surface area contributed by atoms with Crippen LogP contribution in [0, 0.1) is 6.92 Å². The second-order valence-corrected chi connectivity index (χ2v) is 5.34. The van der Waals surface area contributed by atoms with Crippen LogP contribution in [0.4, 0.5) is 0 Å². The van der Waals surface area contributed by atoms with E-state index in [1.807, 2.05) is 0 Å². The quantitative estimate of drug-likeness (QED) is 0.732. The fourth-order valence-corrected chi connectivity index (χ4v) is 2.52. The fraction of sp³-hybridized carbons (Fsp3) is 0.167. The van der Waals surface area contributed by atoms with Crippen LogP contribution in [0.1, 0.15) is 32.2 Å². The lowest BCUT2D eigenvalue weighted by Gasteiger charge is -2.06. The first-order valence-corrected chi connectivity index (χ1v) is 7.46. The number of aryl methyl sites for hydroxylation is 1. The van der Waals surface area contributed by atoms with Gasteiger partial charge in [-0.25, -0.2) is 9.59 Å². The van der Waals surface area contributed by atoms with Gasteiger partial charge in [-0.15, -0.1) is 0 Å². The maximum atomic E-state index is 12.4. The Labute approximate surface area is 142 Å². The highest BCUT2D eigenvalue weighted by Gasteiger charge is 2.18. The zero-order valence-corrected chi connectivity index (χ0v) is 13.6. The molecule has 1 aromatic carbocycles. The molecule has 25 heavy (non-hydrogen) atoms. The lowest BCUT2D eigenvalue weighted by Crippen LogP contribution is -2.12. The molecule has 7 heteroatoms. The first-order valence-electron chi connectivity index (χ1n) is 7.46. The topological polar surface area (TPSA) is 98.6 Å². The Morgan fingerprint density at radius 3 is 2.64 bits per heavy atom. The molecular weight excluding hydrogens is 326 g/mol. The minimum absolute atomic E-state index is 0.163. The molecule has 2 aromatic heterocycles. The molecule has 1 N–H and O–H groups in total. The smallest absolute Gasteiger partial charge is 0.341 e. The molecule has 3 aromatic rings. The molecule has 0 aliphatic carbocycles. The second kappa shape index (κ2) is 6.64. The van der Waals surface area contributed by atoms with Gasteiger partial charge in [0.15, 0.2) is 0 Å². The summed E-state index contributed by atoms with van der Waals surface area (Å²) < 4.78 is 15.3. The minimum Gasteiger partial charge on any atom is -0.465 e. The van der Waals surface area contributed by atoms with Gasteiger partial charge in [0.05, 0.1) is 12.7 Å². The number of fused-ring (bicyclic) bond motifs is 1. The molecule has 128 valence electrons. The Morgan fingerprint density at radius 2 is 1.88 bits per heavy atom. The number of furan rings is 1. The van der Waals surface area contributed by atoms with E-state index in [0.717, 1.165) is 0 Å². The summed E-state index contributed by atoms with van der Waals surface area (Å²) in [4.78, 5) is 38.3. The standard InChI is InChI=1S/C18H15NO6/c1-10-13(17(21)23-2)7-11(25-10)9-24-18(22)14-8-16(20)19-15-6-4-3-5-12(14)15/h3-8H,9H2,1-2H3,(H,19,20). The maximum Gasteiger partial charge on any atom is 0.341 e. The van der Waals surface area contributed by atoms with Crippen LogP contribution >= 0.6 is 0 Å². The van der Waals surface area contributed by atoms with Gasteiger partial charge in [-0.3, -0.25) is 4.79 Å². The summed E-state index contributed by atoms with van der Waals surface area (Å²) in [6.07, 6.45) is 0. The summed E-state index contributed by atoms with van der Waals surface area (Å²) in [6, 6.07) is 9.59. The SMILES string of the molecule is COC(=O)c1cc(COC(=O)c2cc(=O)[nH]c3ccccc23)oc1C. The Morgan fingerprint density at radius 1 is 1.12 bits per heavy atom. The Kier molecular flexibility index (Phi) is 4.38. The van der Waals surface area contributed by atoms with E-state index >= 15 is 0 Å². The van der Waals surface area contributed by atoms with Crippen LogP contribution in [0.5, 0.6) is 0 Å². The Hall–Kier alpha value is -3.35. The first kappa shape index (κ1) is 16.5. The van der Waals surface area contributed by atoms with Crippen LogP contribution in [0.25, 0.3) is 10.9 Å². The second-order valence-electron chi connectivity index (χ2n) is 5.34. The number of nitrogens with one attached hydrogen (secondary N) is 1. The lowest BCUT2D eigenvalue weighted by atomic mass is 10.1. The number of benzene rings is 1. The molecule has 0 unspecified atom stereocenters. The number of methoxy groups -OCH3 is 1. The average Bonchev–Trinajstić information content (AvgIpc) is 2.99. The largest absolute Gasteiger partial charge is 0.465 e. The maximum absolute atomic E-state index is 12.4. The van der Waals surface area contributed by atoms with Gasteiger partial charge in [-0.05, 0) is 19.1 Å². The number of pyridine rings is 1. The van der Waals surface area contributed by atoms with Gasteiger partial charge >= 0.3 is 11.9 Å². The molecule has 0 spiro atoms. The highest BCUT2D eigenvalue weighted by atomic mass is 16.5. The van der Waals surface area contributed by atoms with E-state index in [1.165, 1.54) is 19.2 Å². The summed E-state index contributed by atoms with van der Waals surface area (Å²) in [7, 11) is 1.27. The monoisotopic (exact) mass is 341 g/mol. The van der Waals surface area contributed by atoms with Crippen molar-refractivity contribution in [2.45, 2.75) is 13.5 Å². The van der Waals surface area contributed by atoms with Crippen LogP contribution in [-0.4, -0.2) is 24.0 Å². The Balaban J connectivity index is 1.82. The molecular formula is C18H15NO6. The molecule has 0 amide bonds. The molecule has 0 bridgehead atoms. The number of carbonyl (C=O) groups excluding carboxylic acids is 2.